The Bertz CT molecular complexity index is 668. The third-order valence-corrected chi connectivity index (χ3v) is 5.32. The lowest BCUT2D eigenvalue weighted by molar-refractivity contribution is -0.142. The standard InChI is InChI=1S/C17H18FNO2S/c1-11-8-10-22-16(11)15(12-4-6-13(18)7-5-12)19-9-2-3-14(19)17(20)21/h4-8,10,14-15H,2-3,9H2,1H3,(H,20,21). The third-order valence-electron chi connectivity index (χ3n) is 4.25. The quantitative estimate of drug-likeness (QED) is 0.931. The Kier molecular flexibility index (Phi) is 4.27. The predicted octanol–water partition coefficient (Wildman–Crippen LogP) is 3.83. The van der Waals surface area contributed by atoms with Crippen LogP contribution in [0.25, 0.3) is 0 Å². The van der Waals surface area contributed by atoms with Gasteiger partial charge in [0, 0.05) is 11.4 Å². The maximum absolute atomic E-state index is 13.2. The highest BCUT2D eigenvalue weighted by atomic mass is 32.1. The molecule has 22 heavy (non-hydrogen) atoms. The first-order chi connectivity index (χ1) is 10.6. The Morgan fingerprint density at radius 1 is 1.36 bits per heavy atom. The van der Waals surface area contributed by atoms with E-state index in [1.165, 1.54) is 12.1 Å². The van der Waals surface area contributed by atoms with E-state index in [4.69, 9.17) is 0 Å². The van der Waals surface area contributed by atoms with E-state index in [1.807, 2.05) is 23.3 Å². The second-order valence-electron chi connectivity index (χ2n) is 5.66. The van der Waals surface area contributed by atoms with Crippen LogP contribution in [0.4, 0.5) is 4.39 Å². The van der Waals surface area contributed by atoms with E-state index in [2.05, 4.69) is 0 Å². The van der Waals surface area contributed by atoms with Crippen LogP contribution in [0.2, 0.25) is 0 Å². The van der Waals surface area contributed by atoms with Gasteiger partial charge in [-0.1, -0.05) is 12.1 Å². The zero-order valence-electron chi connectivity index (χ0n) is 12.3. The van der Waals surface area contributed by atoms with Crippen molar-refractivity contribution in [2.24, 2.45) is 0 Å². The van der Waals surface area contributed by atoms with Gasteiger partial charge in [0.1, 0.15) is 11.9 Å². The molecule has 1 fully saturated rings. The molecule has 1 saturated heterocycles. The van der Waals surface area contributed by atoms with Crippen LogP contribution >= 0.6 is 11.3 Å². The molecule has 0 spiro atoms. The maximum atomic E-state index is 13.2. The Labute approximate surface area is 133 Å². The summed E-state index contributed by atoms with van der Waals surface area (Å²) in [5, 5.41) is 11.5. The van der Waals surface area contributed by atoms with Crippen LogP contribution in [-0.2, 0) is 4.79 Å². The van der Waals surface area contributed by atoms with Crippen molar-refractivity contribution in [3.8, 4) is 0 Å². The molecule has 0 amide bonds. The molecular formula is C17H18FNO2S. The molecule has 2 unspecified atom stereocenters. The molecule has 116 valence electrons. The van der Waals surface area contributed by atoms with Gasteiger partial charge in [-0.25, -0.2) is 4.39 Å². The number of likely N-dealkylation sites (tertiary alicyclic amines) is 1. The Morgan fingerprint density at radius 2 is 2.09 bits per heavy atom. The monoisotopic (exact) mass is 319 g/mol. The number of carbonyl (C=O) groups is 1. The largest absolute Gasteiger partial charge is 0.480 e. The summed E-state index contributed by atoms with van der Waals surface area (Å²) >= 11 is 1.63. The van der Waals surface area contributed by atoms with E-state index in [-0.39, 0.29) is 11.9 Å². The first-order valence-electron chi connectivity index (χ1n) is 7.36. The molecule has 0 radical (unpaired) electrons. The summed E-state index contributed by atoms with van der Waals surface area (Å²) in [5.41, 5.74) is 2.09. The van der Waals surface area contributed by atoms with Crippen molar-refractivity contribution in [2.75, 3.05) is 6.54 Å². The van der Waals surface area contributed by atoms with Crippen molar-refractivity contribution in [1.82, 2.24) is 4.90 Å². The van der Waals surface area contributed by atoms with Gasteiger partial charge >= 0.3 is 5.97 Å². The number of halogens is 1. The zero-order valence-corrected chi connectivity index (χ0v) is 13.1. The van der Waals surface area contributed by atoms with Gasteiger partial charge < -0.3 is 5.11 Å². The number of thiophene rings is 1. The number of aryl methyl sites for hydroxylation is 1. The minimum atomic E-state index is -0.779. The smallest absolute Gasteiger partial charge is 0.320 e. The number of nitrogens with zero attached hydrogens (tertiary/aromatic N) is 1. The Hall–Kier alpha value is -1.72. The second-order valence-corrected chi connectivity index (χ2v) is 6.60. The van der Waals surface area contributed by atoms with Crippen LogP contribution in [0.1, 0.15) is 34.9 Å². The number of carboxylic acid groups (broad SMARTS) is 1. The number of hydrogen-bond acceptors (Lipinski definition) is 3. The molecule has 0 aliphatic carbocycles. The van der Waals surface area contributed by atoms with Crippen molar-refractivity contribution in [3.05, 3.63) is 57.5 Å². The number of aliphatic carboxylic acids is 1. The molecule has 0 bridgehead atoms. The van der Waals surface area contributed by atoms with Gasteiger partial charge in [0.25, 0.3) is 0 Å². The van der Waals surface area contributed by atoms with Crippen molar-refractivity contribution >= 4 is 17.3 Å². The summed E-state index contributed by atoms with van der Waals surface area (Å²) in [5.74, 6) is -1.06. The van der Waals surface area contributed by atoms with E-state index >= 15 is 0 Å². The summed E-state index contributed by atoms with van der Waals surface area (Å²) in [6, 6.07) is 7.85. The van der Waals surface area contributed by atoms with E-state index in [1.54, 1.807) is 23.5 Å². The highest BCUT2D eigenvalue weighted by molar-refractivity contribution is 7.10. The lowest BCUT2D eigenvalue weighted by Crippen LogP contribution is -2.39. The molecule has 2 atom stereocenters. The van der Waals surface area contributed by atoms with E-state index in [0.29, 0.717) is 6.42 Å². The zero-order chi connectivity index (χ0) is 15.7. The van der Waals surface area contributed by atoms with Crippen molar-refractivity contribution in [1.29, 1.82) is 0 Å². The molecule has 1 aromatic carbocycles. The number of hydrogen-bond donors (Lipinski definition) is 1. The van der Waals surface area contributed by atoms with Crippen molar-refractivity contribution in [3.63, 3.8) is 0 Å². The van der Waals surface area contributed by atoms with E-state index in [9.17, 15) is 14.3 Å². The highest BCUT2D eigenvalue weighted by Gasteiger charge is 2.37. The lowest BCUT2D eigenvalue weighted by Gasteiger charge is -2.31. The molecule has 2 aromatic rings. The molecule has 5 heteroatoms. The lowest BCUT2D eigenvalue weighted by atomic mass is 10.00. The molecule has 1 aliphatic heterocycles. The number of rotatable bonds is 4. The SMILES string of the molecule is Cc1ccsc1C(c1ccc(F)cc1)N1CCCC1C(=O)O. The summed E-state index contributed by atoms with van der Waals surface area (Å²) < 4.78 is 13.2. The summed E-state index contributed by atoms with van der Waals surface area (Å²) in [6.45, 7) is 2.78. The predicted molar refractivity (Wildman–Crippen MR) is 84.7 cm³/mol. The normalized spacial score (nSPS) is 20.2. The summed E-state index contributed by atoms with van der Waals surface area (Å²) in [7, 11) is 0. The first kappa shape index (κ1) is 15.2. The van der Waals surface area contributed by atoms with Crippen LogP contribution in [0, 0.1) is 12.7 Å². The molecule has 3 nitrogen and oxygen atoms in total. The van der Waals surface area contributed by atoms with Gasteiger partial charge in [-0.2, -0.15) is 0 Å². The minimum absolute atomic E-state index is 0.121. The average molecular weight is 319 g/mol. The van der Waals surface area contributed by atoms with Crippen molar-refractivity contribution in [2.45, 2.75) is 31.8 Å². The maximum Gasteiger partial charge on any atom is 0.320 e. The third kappa shape index (κ3) is 2.78. The van der Waals surface area contributed by atoms with Crippen LogP contribution in [0.5, 0.6) is 0 Å². The molecule has 1 aliphatic rings. The van der Waals surface area contributed by atoms with Crippen LogP contribution in [0.3, 0.4) is 0 Å². The minimum Gasteiger partial charge on any atom is -0.480 e. The molecule has 1 aromatic heterocycles. The number of benzene rings is 1. The van der Waals surface area contributed by atoms with E-state index in [0.717, 1.165) is 29.0 Å². The fraction of sp³-hybridized carbons (Fsp3) is 0.353. The first-order valence-corrected chi connectivity index (χ1v) is 8.24. The summed E-state index contributed by atoms with van der Waals surface area (Å²) in [4.78, 5) is 14.7. The Morgan fingerprint density at radius 3 is 2.68 bits per heavy atom. The van der Waals surface area contributed by atoms with Crippen molar-refractivity contribution < 1.29 is 14.3 Å². The van der Waals surface area contributed by atoms with Crippen LogP contribution < -0.4 is 0 Å². The van der Waals surface area contributed by atoms with Gasteiger partial charge in [0.15, 0.2) is 0 Å². The molecule has 0 saturated carbocycles. The summed E-state index contributed by atoms with van der Waals surface area (Å²) in [6.07, 6.45) is 1.54. The van der Waals surface area contributed by atoms with Gasteiger partial charge in [-0.3, -0.25) is 9.69 Å². The van der Waals surface area contributed by atoms with Crippen LogP contribution in [0.15, 0.2) is 35.7 Å². The molecule has 3 rings (SSSR count). The fourth-order valence-corrected chi connectivity index (χ4v) is 4.24. The molecular weight excluding hydrogens is 301 g/mol. The second kappa shape index (κ2) is 6.18. The fourth-order valence-electron chi connectivity index (χ4n) is 3.17. The topological polar surface area (TPSA) is 40.5 Å². The van der Waals surface area contributed by atoms with Gasteiger partial charge in [0.05, 0.1) is 6.04 Å². The van der Waals surface area contributed by atoms with Gasteiger partial charge in [-0.05, 0) is 54.5 Å². The number of carboxylic acids is 1. The van der Waals surface area contributed by atoms with E-state index < -0.39 is 12.0 Å². The average Bonchev–Trinajstić information content (AvgIpc) is 3.12. The highest BCUT2D eigenvalue weighted by Crippen LogP contribution is 2.38. The van der Waals surface area contributed by atoms with Crippen LogP contribution in [-0.4, -0.2) is 28.6 Å². The molecule has 2 heterocycles. The molecule has 1 N–H and O–H groups in total. The van der Waals surface area contributed by atoms with Gasteiger partial charge in [0.2, 0.25) is 0 Å². The van der Waals surface area contributed by atoms with Gasteiger partial charge in [-0.15, -0.1) is 11.3 Å². The Balaban J connectivity index is 2.05.